The summed E-state index contributed by atoms with van der Waals surface area (Å²) in [6.45, 7) is 7.26. The van der Waals surface area contributed by atoms with Gasteiger partial charge in [-0.3, -0.25) is 0 Å². The summed E-state index contributed by atoms with van der Waals surface area (Å²) < 4.78 is 19.1. The summed E-state index contributed by atoms with van der Waals surface area (Å²) >= 11 is 0. The first-order valence-electron chi connectivity index (χ1n) is 6.93. The van der Waals surface area contributed by atoms with Crippen LogP contribution in [0.5, 0.6) is 0 Å². The highest BCUT2D eigenvalue weighted by molar-refractivity contribution is 6.03. The minimum atomic E-state index is -1.33. The second-order valence-electron chi connectivity index (χ2n) is 5.89. The smallest absolute Gasteiger partial charge is 0.339 e. The molecule has 0 saturated heterocycles. The van der Waals surface area contributed by atoms with Crippen molar-refractivity contribution in [2.75, 3.05) is 6.61 Å². The molecule has 1 rings (SSSR count). The average Bonchev–Trinajstić information content (AvgIpc) is 2.36. The van der Waals surface area contributed by atoms with Crippen LogP contribution in [0, 0.1) is 5.82 Å². The summed E-state index contributed by atoms with van der Waals surface area (Å²) in [6.07, 6.45) is 1.55. The van der Waals surface area contributed by atoms with Gasteiger partial charge in [0.15, 0.2) is 0 Å². The zero-order valence-electron chi connectivity index (χ0n) is 12.8. The summed E-state index contributed by atoms with van der Waals surface area (Å²) in [5.41, 5.74) is -1.15. The minimum Gasteiger partial charge on any atom is -0.478 e. The first kappa shape index (κ1) is 17.1. The highest BCUT2D eigenvalue weighted by Gasteiger charge is 2.30. The number of benzene rings is 1. The lowest BCUT2D eigenvalue weighted by atomic mass is 9.81. The van der Waals surface area contributed by atoms with Crippen molar-refractivity contribution in [3.8, 4) is 0 Å². The van der Waals surface area contributed by atoms with E-state index in [1.165, 1.54) is 6.07 Å². The average molecular weight is 296 g/mol. The third-order valence-corrected chi connectivity index (χ3v) is 3.07. The molecule has 1 aromatic rings. The van der Waals surface area contributed by atoms with Crippen LogP contribution in [0.2, 0.25) is 0 Å². The van der Waals surface area contributed by atoms with E-state index < -0.39 is 23.2 Å². The fourth-order valence-corrected chi connectivity index (χ4v) is 2.09. The summed E-state index contributed by atoms with van der Waals surface area (Å²) in [7, 11) is 0. The third-order valence-electron chi connectivity index (χ3n) is 3.07. The zero-order chi connectivity index (χ0) is 16.2. The topological polar surface area (TPSA) is 63.6 Å². The van der Waals surface area contributed by atoms with Gasteiger partial charge in [0.1, 0.15) is 5.82 Å². The van der Waals surface area contributed by atoms with Crippen molar-refractivity contribution in [3.05, 3.63) is 34.6 Å². The number of esters is 1. The van der Waals surface area contributed by atoms with Crippen LogP contribution in [0.3, 0.4) is 0 Å². The maximum Gasteiger partial charge on any atom is 0.339 e. The lowest BCUT2D eigenvalue weighted by Gasteiger charge is -2.23. The van der Waals surface area contributed by atoms with E-state index >= 15 is 0 Å². The van der Waals surface area contributed by atoms with E-state index in [0.29, 0.717) is 6.42 Å². The van der Waals surface area contributed by atoms with Crippen molar-refractivity contribution in [1.82, 2.24) is 0 Å². The first-order chi connectivity index (χ1) is 9.70. The Labute approximate surface area is 123 Å². The number of hydrogen-bond acceptors (Lipinski definition) is 3. The summed E-state index contributed by atoms with van der Waals surface area (Å²) in [6, 6.07) is 2.28. The molecule has 0 heterocycles. The summed E-state index contributed by atoms with van der Waals surface area (Å²) in [5, 5.41) is 9.38. The second kappa shape index (κ2) is 6.70. The van der Waals surface area contributed by atoms with E-state index in [-0.39, 0.29) is 23.3 Å². The molecule has 5 heteroatoms. The van der Waals surface area contributed by atoms with Crippen molar-refractivity contribution in [3.63, 3.8) is 0 Å². The number of halogens is 1. The molecule has 0 spiro atoms. The van der Waals surface area contributed by atoms with Gasteiger partial charge in [-0.05, 0) is 24.0 Å². The Morgan fingerprint density at radius 3 is 2.38 bits per heavy atom. The summed E-state index contributed by atoms with van der Waals surface area (Å²) in [4.78, 5) is 23.5. The fourth-order valence-electron chi connectivity index (χ4n) is 2.09. The van der Waals surface area contributed by atoms with Crippen LogP contribution in [0.4, 0.5) is 4.39 Å². The van der Waals surface area contributed by atoms with Gasteiger partial charge in [-0.15, -0.1) is 0 Å². The monoisotopic (exact) mass is 296 g/mol. The third kappa shape index (κ3) is 4.03. The fraction of sp³-hybridized carbons (Fsp3) is 0.500. The lowest BCUT2D eigenvalue weighted by molar-refractivity contribution is 0.0488. The van der Waals surface area contributed by atoms with Crippen molar-refractivity contribution in [2.24, 2.45) is 0 Å². The number of carboxylic acids is 1. The molecule has 0 bridgehead atoms. The van der Waals surface area contributed by atoms with E-state index in [0.717, 1.165) is 12.5 Å². The Kier molecular flexibility index (Phi) is 5.47. The molecule has 1 aromatic carbocycles. The van der Waals surface area contributed by atoms with E-state index in [2.05, 4.69) is 0 Å². The van der Waals surface area contributed by atoms with Gasteiger partial charge >= 0.3 is 11.9 Å². The molecule has 116 valence electrons. The SMILES string of the molecule is CCCCOC(=O)c1ccc(F)c(C(C)(C)C)c1C(=O)O. The van der Waals surface area contributed by atoms with E-state index in [4.69, 9.17) is 4.74 Å². The Morgan fingerprint density at radius 2 is 1.90 bits per heavy atom. The number of unbranched alkanes of at least 4 members (excludes halogenated alkanes) is 1. The molecule has 21 heavy (non-hydrogen) atoms. The maximum atomic E-state index is 14.0. The van der Waals surface area contributed by atoms with Crippen molar-refractivity contribution >= 4 is 11.9 Å². The van der Waals surface area contributed by atoms with Gasteiger partial charge in [-0.2, -0.15) is 0 Å². The molecule has 0 unspecified atom stereocenters. The largest absolute Gasteiger partial charge is 0.478 e. The van der Waals surface area contributed by atoms with Crippen molar-refractivity contribution < 1.29 is 23.8 Å². The molecule has 0 atom stereocenters. The normalized spacial score (nSPS) is 11.3. The predicted molar refractivity (Wildman–Crippen MR) is 77.2 cm³/mol. The Balaban J connectivity index is 3.34. The molecule has 0 aliphatic rings. The highest BCUT2D eigenvalue weighted by atomic mass is 19.1. The van der Waals surface area contributed by atoms with Crippen LogP contribution in [0.1, 0.15) is 66.8 Å². The molecular weight excluding hydrogens is 275 g/mol. The first-order valence-corrected chi connectivity index (χ1v) is 6.93. The van der Waals surface area contributed by atoms with Crippen LogP contribution in [0.15, 0.2) is 12.1 Å². The molecule has 0 amide bonds. The van der Waals surface area contributed by atoms with Gasteiger partial charge in [0.25, 0.3) is 0 Å². The number of rotatable bonds is 5. The van der Waals surface area contributed by atoms with Gasteiger partial charge < -0.3 is 9.84 Å². The Bertz CT molecular complexity index is 544. The molecule has 0 aliphatic carbocycles. The van der Waals surface area contributed by atoms with Crippen LogP contribution >= 0.6 is 0 Å². The van der Waals surface area contributed by atoms with Gasteiger partial charge in [0.2, 0.25) is 0 Å². The molecule has 0 aromatic heterocycles. The van der Waals surface area contributed by atoms with Gasteiger partial charge in [0, 0.05) is 5.56 Å². The van der Waals surface area contributed by atoms with E-state index in [9.17, 15) is 19.1 Å². The molecule has 0 fully saturated rings. The molecular formula is C16H21FO4. The van der Waals surface area contributed by atoms with Gasteiger partial charge in [0.05, 0.1) is 17.7 Å². The van der Waals surface area contributed by atoms with Crippen molar-refractivity contribution in [1.29, 1.82) is 0 Å². The van der Waals surface area contributed by atoms with Crippen LogP contribution < -0.4 is 0 Å². The number of carboxylic acid groups (broad SMARTS) is 1. The highest BCUT2D eigenvalue weighted by Crippen LogP contribution is 2.31. The number of carbonyl (C=O) groups is 2. The van der Waals surface area contributed by atoms with E-state index in [1.54, 1.807) is 20.8 Å². The second-order valence-corrected chi connectivity index (χ2v) is 5.89. The Hall–Kier alpha value is -1.91. The Morgan fingerprint density at radius 1 is 1.29 bits per heavy atom. The van der Waals surface area contributed by atoms with Gasteiger partial charge in [-0.25, -0.2) is 14.0 Å². The van der Waals surface area contributed by atoms with Crippen LogP contribution in [0.25, 0.3) is 0 Å². The van der Waals surface area contributed by atoms with Crippen LogP contribution in [-0.4, -0.2) is 23.7 Å². The quantitative estimate of drug-likeness (QED) is 0.663. The molecule has 0 aliphatic heterocycles. The lowest BCUT2D eigenvalue weighted by Crippen LogP contribution is -2.23. The molecule has 4 nitrogen and oxygen atoms in total. The number of ether oxygens (including phenoxy) is 1. The molecule has 1 N–H and O–H groups in total. The number of aromatic carboxylic acids is 1. The number of hydrogen-bond donors (Lipinski definition) is 1. The van der Waals surface area contributed by atoms with Crippen molar-refractivity contribution in [2.45, 2.75) is 46.0 Å². The zero-order valence-corrected chi connectivity index (χ0v) is 12.8. The molecule has 0 radical (unpaired) electrons. The number of carbonyl (C=O) groups excluding carboxylic acids is 1. The summed E-state index contributed by atoms with van der Waals surface area (Å²) in [5.74, 6) is -2.70. The van der Waals surface area contributed by atoms with E-state index in [1.807, 2.05) is 6.92 Å². The van der Waals surface area contributed by atoms with Crippen LogP contribution in [-0.2, 0) is 10.2 Å². The predicted octanol–water partition coefficient (Wildman–Crippen LogP) is 3.78. The van der Waals surface area contributed by atoms with Gasteiger partial charge in [-0.1, -0.05) is 34.1 Å². The standard InChI is InChI=1S/C16H21FO4/c1-5-6-9-21-15(20)10-7-8-11(17)13(16(2,3)4)12(10)14(18)19/h7-8H,5-6,9H2,1-4H3,(H,18,19). The maximum absolute atomic E-state index is 14.0. The minimum absolute atomic E-state index is 0.0138. The molecule has 0 saturated carbocycles.